The molecule has 0 bridgehead atoms. The van der Waals surface area contributed by atoms with Crippen molar-refractivity contribution >= 4 is 34.4 Å². The summed E-state index contributed by atoms with van der Waals surface area (Å²) in [5.74, 6) is 0.515. The van der Waals surface area contributed by atoms with Crippen molar-refractivity contribution in [2.75, 3.05) is 5.75 Å². The van der Waals surface area contributed by atoms with E-state index in [2.05, 4.69) is 30.7 Å². The molecule has 1 N–H and O–H groups in total. The Labute approximate surface area is 109 Å². The molecule has 2 aromatic rings. The van der Waals surface area contributed by atoms with E-state index in [-0.39, 0.29) is 10.4 Å². The minimum absolute atomic E-state index is 0.119. The largest absolute Gasteiger partial charge is 0.333 e. The number of hydrogen-bond acceptors (Lipinski definition) is 2. The zero-order valence-corrected chi connectivity index (χ0v) is 11.5. The van der Waals surface area contributed by atoms with Gasteiger partial charge in [-0.25, -0.2) is 9.37 Å². The number of H-pyrrole nitrogens is 1. The second-order valence-electron chi connectivity index (χ2n) is 5.17. The van der Waals surface area contributed by atoms with E-state index in [0.717, 1.165) is 16.4 Å². The fourth-order valence-electron chi connectivity index (χ4n) is 1.33. The van der Waals surface area contributed by atoms with Crippen LogP contribution in [-0.4, -0.2) is 15.7 Å². The molecule has 5 heteroatoms. The van der Waals surface area contributed by atoms with Gasteiger partial charge in [-0.3, -0.25) is 0 Å². The maximum Gasteiger partial charge on any atom is 0.166 e. The molecule has 2 rings (SSSR count). The standard InChI is InChI=1S/C12H14ClFN2S/c1-12(2,3)6-17-11-15-9-4-7(13)8(14)5-10(9)16-11/h4-5H,6H2,1-3H3,(H,15,16). The highest BCUT2D eigenvalue weighted by Crippen LogP contribution is 2.28. The quantitative estimate of drug-likeness (QED) is 0.816. The van der Waals surface area contributed by atoms with E-state index in [9.17, 15) is 4.39 Å². The normalized spacial score (nSPS) is 12.3. The van der Waals surface area contributed by atoms with Gasteiger partial charge in [-0.2, -0.15) is 0 Å². The summed E-state index contributed by atoms with van der Waals surface area (Å²) in [5.41, 5.74) is 1.61. The molecule has 0 fully saturated rings. The Balaban J connectivity index is 2.26. The first kappa shape index (κ1) is 12.7. The van der Waals surface area contributed by atoms with Crippen molar-refractivity contribution < 1.29 is 4.39 Å². The number of halogens is 2. The summed E-state index contributed by atoms with van der Waals surface area (Å²) >= 11 is 7.35. The topological polar surface area (TPSA) is 28.7 Å². The van der Waals surface area contributed by atoms with Crippen molar-refractivity contribution in [3.8, 4) is 0 Å². The molecule has 0 aliphatic carbocycles. The molecule has 0 unspecified atom stereocenters. The number of nitrogens with one attached hydrogen (secondary N) is 1. The van der Waals surface area contributed by atoms with Crippen LogP contribution in [0.2, 0.25) is 5.02 Å². The molecule has 1 aromatic heterocycles. The van der Waals surface area contributed by atoms with Crippen LogP contribution in [-0.2, 0) is 0 Å². The van der Waals surface area contributed by atoms with E-state index in [0.29, 0.717) is 5.52 Å². The first-order valence-electron chi connectivity index (χ1n) is 5.33. The van der Waals surface area contributed by atoms with Gasteiger partial charge in [-0.1, -0.05) is 44.1 Å². The Bertz CT molecular complexity index is 506. The first-order chi connectivity index (χ1) is 7.85. The van der Waals surface area contributed by atoms with Crippen molar-refractivity contribution in [3.63, 3.8) is 0 Å². The maximum absolute atomic E-state index is 13.2. The number of hydrogen-bond donors (Lipinski definition) is 1. The molecule has 0 spiro atoms. The molecule has 1 heterocycles. The van der Waals surface area contributed by atoms with Crippen LogP contribution in [0, 0.1) is 11.2 Å². The van der Waals surface area contributed by atoms with Crippen LogP contribution in [0.1, 0.15) is 20.8 Å². The molecule has 0 aliphatic heterocycles. The highest BCUT2D eigenvalue weighted by molar-refractivity contribution is 7.99. The molecule has 0 atom stereocenters. The summed E-state index contributed by atoms with van der Waals surface area (Å²) in [5, 5.41) is 0.921. The molecule has 0 aliphatic rings. The number of aromatic amines is 1. The first-order valence-corrected chi connectivity index (χ1v) is 6.69. The Morgan fingerprint density at radius 3 is 2.76 bits per heavy atom. The summed E-state index contributed by atoms with van der Waals surface area (Å²) < 4.78 is 13.2. The summed E-state index contributed by atoms with van der Waals surface area (Å²) in [6.45, 7) is 6.50. The van der Waals surface area contributed by atoms with Crippen LogP contribution >= 0.6 is 23.4 Å². The summed E-state index contributed by atoms with van der Waals surface area (Å²) in [7, 11) is 0. The highest BCUT2D eigenvalue weighted by atomic mass is 35.5. The SMILES string of the molecule is CC(C)(C)CSc1nc2cc(F)c(Cl)cc2[nH]1. The third-order valence-corrected chi connectivity index (χ3v) is 3.91. The molecule has 0 saturated carbocycles. The number of rotatable bonds is 2. The van der Waals surface area contributed by atoms with Gasteiger partial charge in [-0.15, -0.1) is 0 Å². The maximum atomic E-state index is 13.2. The van der Waals surface area contributed by atoms with Gasteiger partial charge < -0.3 is 4.98 Å². The van der Waals surface area contributed by atoms with Crippen LogP contribution < -0.4 is 0 Å². The van der Waals surface area contributed by atoms with Gasteiger partial charge in [0.2, 0.25) is 0 Å². The monoisotopic (exact) mass is 272 g/mol. The Morgan fingerprint density at radius 2 is 2.12 bits per heavy atom. The fraction of sp³-hybridized carbons (Fsp3) is 0.417. The predicted molar refractivity (Wildman–Crippen MR) is 71.2 cm³/mol. The lowest BCUT2D eigenvalue weighted by Crippen LogP contribution is -2.08. The molecule has 0 amide bonds. The van der Waals surface area contributed by atoms with Crippen LogP contribution in [0.25, 0.3) is 11.0 Å². The van der Waals surface area contributed by atoms with Crippen molar-refractivity contribution in [3.05, 3.63) is 23.0 Å². The van der Waals surface area contributed by atoms with Crippen LogP contribution in [0.5, 0.6) is 0 Å². The van der Waals surface area contributed by atoms with E-state index < -0.39 is 5.82 Å². The molecule has 2 nitrogen and oxygen atoms in total. The number of imidazole rings is 1. The van der Waals surface area contributed by atoms with Crippen molar-refractivity contribution in [2.45, 2.75) is 25.9 Å². The van der Waals surface area contributed by atoms with Crippen LogP contribution in [0.4, 0.5) is 4.39 Å². The minimum atomic E-state index is -0.432. The van der Waals surface area contributed by atoms with E-state index >= 15 is 0 Å². The Kier molecular flexibility index (Phi) is 3.36. The third kappa shape index (κ3) is 3.13. The minimum Gasteiger partial charge on any atom is -0.333 e. The molecule has 0 saturated heterocycles. The summed E-state index contributed by atoms with van der Waals surface area (Å²) in [6.07, 6.45) is 0. The summed E-state index contributed by atoms with van der Waals surface area (Å²) in [4.78, 5) is 7.46. The summed E-state index contributed by atoms with van der Waals surface area (Å²) in [6, 6.07) is 2.93. The van der Waals surface area contributed by atoms with Gasteiger partial charge in [0, 0.05) is 11.8 Å². The lowest BCUT2D eigenvalue weighted by Gasteiger charge is -2.15. The van der Waals surface area contributed by atoms with Gasteiger partial charge in [0.1, 0.15) is 5.82 Å². The molecular formula is C12H14ClFN2S. The molecule has 1 aromatic carbocycles. The molecule has 92 valence electrons. The smallest absolute Gasteiger partial charge is 0.166 e. The number of fused-ring (bicyclic) bond motifs is 1. The van der Waals surface area contributed by atoms with E-state index in [1.165, 1.54) is 6.07 Å². The predicted octanol–water partition coefficient (Wildman–Crippen LogP) is 4.49. The molecule has 17 heavy (non-hydrogen) atoms. The van der Waals surface area contributed by atoms with Crippen molar-refractivity contribution in [2.24, 2.45) is 5.41 Å². The Morgan fingerprint density at radius 1 is 1.41 bits per heavy atom. The molecular weight excluding hydrogens is 259 g/mol. The highest BCUT2D eigenvalue weighted by Gasteiger charge is 2.13. The number of nitrogens with zero attached hydrogens (tertiary/aromatic N) is 1. The lowest BCUT2D eigenvalue weighted by molar-refractivity contribution is 0.480. The van der Waals surface area contributed by atoms with Crippen LogP contribution in [0.15, 0.2) is 17.3 Å². The van der Waals surface area contributed by atoms with Crippen LogP contribution in [0.3, 0.4) is 0 Å². The molecule has 0 radical (unpaired) electrons. The van der Waals surface area contributed by atoms with Crippen molar-refractivity contribution in [1.29, 1.82) is 0 Å². The number of thioether (sulfide) groups is 1. The Hall–Kier alpha value is -0.740. The van der Waals surface area contributed by atoms with E-state index in [1.807, 2.05) is 0 Å². The van der Waals surface area contributed by atoms with Gasteiger partial charge in [-0.05, 0) is 11.5 Å². The van der Waals surface area contributed by atoms with Gasteiger partial charge in [0.05, 0.1) is 16.1 Å². The van der Waals surface area contributed by atoms with Crippen molar-refractivity contribution in [1.82, 2.24) is 9.97 Å². The van der Waals surface area contributed by atoms with E-state index in [1.54, 1.807) is 17.8 Å². The zero-order chi connectivity index (χ0) is 12.6. The average Bonchev–Trinajstić information content (AvgIpc) is 2.57. The zero-order valence-electron chi connectivity index (χ0n) is 9.97. The fourth-order valence-corrected chi connectivity index (χ4v) is 2.41. The van der Waals surface area contributed by atoms with E-state index in [4.69, 9.17) is 11.6 Å². The van der Waals surface area contributed by atoms with Gasteiger partial charge in [0.15, 0.2) is 5.16 Å². The second kappa shape index (κ2) is 4.50. The van der Waals surface area contributed by atoms with Gasteiger partial charge in [0.25, 0.3) is 0 Å². The van der Waals surface area contributed by atoms with Gasteiger partial charge >= 0.3 is 0 Å². The lowest BCUT2D eigenvalue weighted by atomic mass is 10.0. The number of aromatic nitrogens is 2. The third-order valence-electron chi connectivity index (χ3n) is 2.14. The number of benzene rings is 1. The average molecular weight is 273 g/mol. The second-order valence-corrected chi connectivity index (χ2v) is 6.55.